The maximum atomic E-state index is 12.4. The monoisotopic (exact) mass is 540 g/mol. The lowest BCUT2D eigenvalue weighted by atomic mass is 10.0. The van der Waals surface area contributed by atoms with Crippen LogP contribution in [0.1, 0.15) is 36.7 Å². The van der Waals surface area contributed by atoms with Gasteiger partial charge in [-0.05, 0) is 49.6 Å². The van der Waals surface area contributed by atoms with E-state index in [4.69, 9.17) is 21.1 Å². The molecule has 8 nitrogen and oxygen atoms in total. The van der Waals surface area contributed by atoms with Gasteiger partial charge in [-0.25, -0.2) is 15.2 Å². The number of hydrogen-bond acceptors (Lipinski definition) is 8. The quantitative estimate of drug-likeness (QED) is 0.136. The van der Waals surface area contributed by atoms with Crippen molar-refractivity contribution >= 4 is 23.4 Å². The third-order valence-electron chi connectivity index (χ3n) is 5.35. The molecular weight excluding hydrogens is 508 g/mol. The summed E-state index contributed by atoms with van der Waals surface area (Å²) >= 11 is 6.10. The third kappa shape index (κ3) is 9.64. The highest BCUT2D eigenvalue weighted by molar-refractivity contribution is 6.30. The molecule has 0 saturated carbocycles. The van der Waals surface area contributed by atoms with Crippen molar-refractivity contribution in [2.75, 3.05) is 13.2 Å². The number of nitrogens with zero attached hydrogens (tertiary/aromatic N) is 1. The highest BCUT2D eigenvalue weighted by Gasteiger charge is 2.25. The van der Waals surface area contributed by atoms with Crippen molar-refractivity contribution < 1.29 is 29.3 Å². The second-order valence-electron chi connectivity index (χ2n) is 9.71. The van der Waals surface area contributed by atoms with Crippen LogP contribution in [0.4, 0.5) is 0 Å². The second-order valence-corrected chi connectivity index (χ2v) is 10.1. The first-order chi connectivity index (χ1) is 18.0. The molecule has 0 aliphatic rings. The van der Waals surface area contributed by atoms with E-state index in [1.807, 2.05) is 48.5 Å². The molecule has 2 unspecified atom stereocenters. The standard InChI is InChI=1S/C29H33ClN2O6/c1-29(2,3)38-28(36)31-32(17-20-12-14-21(15-13-20)23-10-7-11-24(30)16-23)18-25(33)27(35)37-19-26(34)22-8-5-4-6-9-22/h4-16,25,28,31,33,36H,17-19H2,1-3H3. The normalized spacial score (nSPS) is 13.2. The molecule has 3 N–H and O–H groups in total. The van der Waals surface area contributed by atoms with Crippen LogP contribution in [0.5, 0.6) is 0 Å². The number of halogens is 1. The van der Waals surface area contributed by atoms with Gasteiger partial charge >= 0.3 is 5.97 Å². The molecule has 38 heavy (non-hydrogen) atoms. The van der Waals surface area contributed by atoms with Crippen LogP contribution in [0, 0.1) is 0 Å². The zero-order chi connectivity index (χ0) is 27.7. The SMILES string of the molecule is CC(C)(C)OC(O)NN(Cc1ccc(-c2cccc(Cl)c2)cc1)CC(O)C(=O)OCC(=O)c1ccccc1. The molecule has 2 atom stereocenters. The van der Waals surface area contributed by atoms with Crippen molar-refractivity contribution in [2.45, 2.75) is 45.4 Å². The van der Waals surface area contributed by atoms with Gasteiger partial charge in [-0.2, -0.15) is 0 Å². The molecule has 3 rings (SSSR count). The summed E-state index contributed by atoms with van der Waals surface area (Å²) in [5.74, 6) is -1.33. The van der Waals surface area contributed by atoms with Crippen LogP contribution in [-0.2, 0) is 20.8 Å². The number of ketones is 1. The number of esters is 1. The van der Waals surface area contributed by atoms with Crippen molar-refractivity contribution in [1.82, 2.24) is 10.4 Å². The molecule has 3 aromatic carbocycles. The van der Waals surface area contributed by atoms with Gasteiger partial charge in [0.05, 0.1) is 12.1 Å². The Morgan fingerprint density at radius 3 is 2.26 bits per heavy atom. The van der Waals surface area contributed by atoms with Gasteiger partial charge in [-0.1, -0.05) is 78.3 Å². The Hall–Kier alpha value is -3.11. The topological polar surface area (TPSA) is 108 Å². The predicted octanol–water partition coefficient (Wildman–Crippen LogP) is 4.19. The van der Waals surface area contributed by atoms with Crippen molar-refractivity contribution in [3.05, 3.63) is 95.0 Å². The van der Waals surface area contributed by atoms with E-state index in [1.165, 1.54) is 5.01 Å². The number of ether oxygens (including phenoxy) is 2. The van der Waals surface area contributed by atoms with Crippen LogP contribution in [0.15, 0.2) is 78.9 Å². The van der Waals surface area contributed by atoms with Crippen LogP contribution < -0.4 is 5.43 Å². The highest BCUT2D eigenvalue weighted by Crippen LogP contribution is 2.23. The lowest BCUT2D eigenvalue weighted by Gasteiger charge is -2.31. The Balaban J connectivity index is 1.65. The average Bonchev–Trinajstić information content (AvgIpc) is 2.86. The molecule has 0 bridgehead atoms. The minimum atomic E-state index is -1.58. The Bertz CT molecular complexity index is 1200. The summed E-state index contributed by atoms with van der Waals surface area (Å²) in [6, 6.07) is 23.6. The summed E-state index contributed by atoms with van der Waals surface area (Å²) in [7, 11) is 0. The third-order valence-corrected chi connectivity index (χ3v) is 5.59. The lowest BCUT2D eigenvalue weighted by Crippen LogP contribution is -2.51. The number of aliphatic hydroxyl groups is 2. The van der Waals surface area contributed by atoms with Crippen molar-refractivity contribution in [3.63, 3.8) is 0 Å². The number of Topliss-reactive ketones (excluding diaryl/α,β-unsaturated/α-hetero) is 1. The van der Waals surface area contributed by atoms with E-state index in [0.29, 0.717) is 10.6 Å². The second kappa shape index (κ2) is 13.6. The number of aliphatic hydroxyl groups excluding tert-OH is 2. The van der Waals surface area contributed by atoms with Crippen LogP contribution in [0.25, 0.3) is 11.1 Å². The lowest BCUT2D eigenvalue weighted by molar-refractivity contribution is -0.210. The van der Waals surface area contributed by atoms with Crippen molar-refractivity contribution in [1.29, 1.82) is 0 Å². The summed E-state index contributed by atoms with van der Waals surface area (Å²) in [5.41, 5.74) is 5.30. The van der Waals surface area contributed by atoms with Crippen LogP contribution in [0.3, 0.4) is 0 Å². The Morgan fingerprint density at radius 2 is 1.63 bits per heavy atom. The zero-order valence-corrected chi connectivity index (χ0v) is 22.4. The largest absolute Gasteiger partial charge is 0.455 e. The molecule has 0 fully saturated rings. The molecule has 0 saturated heterocycles. The van der Waals surface area contributed by atoms with Gasteiger partial charge in [0.25, 0.3) is 0 Å². The number of carbonyl (C=O) groups is 2. The van der Waals surface area contributed by atoms with Crippen molar-refractivity contribution in [3.8, 4) is 11.1 Å². The van der Waals surface area contributed by atoms with Gasteiger partial charge < -0.3 is 19.7 Å². The molecule has 0 aliphatic heterocycles. The van der Waals surface area contributed by atoms with E-state index in [1.54, 1.807) is 51.1 Å². The fourth-order valence-electron chi connectivity index (χ4n) is 3.59. The van der Waals surface area contributed by atoms with Crippen molar-refractivity contribution in [2.24, 2.45) is 0 Å². The van der Waals surface area contributed by atoms with Gasteiger partial charge in [0.15, 0.2) is 18.5 Å². The summed E-state index contributed by atoms with van der Waals surface area (Å²) in [5, 5.41) is 23.0. The van der Waals surface area contributed by atoms with Crippen LogP contribution in [-0.4, -0.2) is 58.2 Å². The minimum absolute atomic E-state index is 0.216. The number of hydrazine groups is 1. The summed E-state index contributed by atoms with van der Waals surface area (Å²) in [4.78, 5) is 24.7. The fourth-order valence-corrected chi connectivity index (χ4v) is 3.79. The molecule has 0 aromatic heterocycles. The number of rotatable bonds is 12. The van der Waals surface area contributed by atoms with Gasteiger partial charge in [0.1, 0.15) is 0 Å². The smallest absolute Gasteiger partial charge is 0.336 e. The van der Waals surface area contributed by atoms with E-state index in [-0.39, 0.29) is 18.9 Å². The molecule has 0 radical (unpaired) electrons. The first-order valence-corrected chi connectivity index (χ1v) is 12.5. The summed E-state index contributed by atoms with van der Waals surface area (Å²) < 4.78 is 10.5. The molecular formula is C29H33ClN2O6. The minimum Gasteiger partial charge on any atom is -0.455 e. The van der Waals surface area contributed by atoms with E-state index < -0.39 is 30.7 Å². The van der Waals surface area contributed by atoms with E-state index in [2.05, 4.69) is 5.43 Å². The molecule has 9 heteroatoms. The van der Waals surface area contributed by atoms with Crippen LogP contribution >= 0.6 is 11.6 Å². The number of hydrogen-bond donors (Lipinski definition) is 3. The molecule has 202 valence electrons. The molecule has 0 heterocycles. The summed E-state index contributed by atoms with van der Waals surface area (Å²) in [6.07, 6.45) is -2.98. The Morgan fingerprint density at radius 1 is 0.947 bits per heavy atom. The number of benzene rings is 3. The average molecular weight is 541 g/mol. The molecule has 0 spiro atoms. The molecule has 0 amide bonds. The Kier molecular flexibility index (Phi) is 10.6. The zero-order valence-electron chi connectivity index (χ0n) is 21.6. The van der Waals surface area contributed by atoms with Crippen LogP contribution in [0.2, 0.25) is 5.02 Å². The van der Waals surface area contributed by atoms with Gasteiger partial charge in [0.2, 0.25) is 6.41 Å². The van der Waals surface area contributed by atoms with E-state index in [9.17, 15) is 19.8 Å². The molecule has 3 aromatic rings. The fraction of sp³-hybridized carbons (Fsp3) is 0.310. The number of carbonyl (C=O) groups excluding carboxylic acids is 2. The summed E-state index contributed by atoms with van der Waals surface area (Å²) in [6.45, 7) is 4.84. The first-order valence-electron chi connectivity index (χ1n) is 12.1. The maximum absolute atomic E-state index is 12.4. The Labute approximate surface area is 227 Å². The van der Waals surface area contributed by atoms with Gasteiger partial charge in [0, 0.05) is 17.1 Å². The van der Waals surface area contributed by atoms with E-state index >= 15 is 0 Å². The van der Waals surface area contributed by atoms with Gasteiger partial charge in [-0.3, -0.25) is 4.79 Å². The molecule has 0 aliphatic carbocycles. The number of nitrogens with one attached hydrogen (secondary N) is 1. The highest BCUT2D eigenvalue weighted by atomic mass is 35.5. The van der Waals surface area contributed by atoms with Gasteiger partial charge in [-0.15, -0.1) is 0 Å². The first kappa shape index (κ1) is 29.4. The maximum Gasteiger partial charge on any atom is 0.336 e. The predicted molar refractivity (Wildman–Crippen MR) is 145 cm³/mol. The van der Waals surface area contributed by atoms with E-state index in [0.717, 1.165) is 16.7 Å².